The molecule has 0 radical (unpaired) electrons. The van der Waals surface area contributed by atoms with Gasteiger partial charge in [0.1, 0.15) is 0 Å². The molecule has 0 spiro atoms. The predicted octanol–water partition coefficient (Wildman–Crippen LogP) is 1.78. The predicted molar refractivity (Wildman–Crippen MR) is 75.7 cm³/mol. The number of aromatic nitrogens is 2. The van der Waals surface area contributed by atoms with Crippen molar-refractivity contribution in [3.8, 4) is 0 Å². The van der Waals surface area contributed by atoms with E-state index < -0.39 is 0 Å². The number of hydrogen-bond acceptors (Lipinski definition) is 6. The third-order valence-electron chi connectivity index (χ3n) is 4.01. The molecule has 2 fully saturated rings. The number of hydrogen-bond donors (Lipinski definition) is 2. The van der Waals surface area contributed by atoms with Crippen molar-refractivity contribution >= 4 is 11.9 Å². The molecule has 116 valence electrons. The molecule has 1 amide bonds. The highest BCUT2D eigenvalue weighted by Crippen LogP contribution is 2.23. The fourth-order valence-electron chi connectivity index (χ4n) is 2.83. The normalized spacial score (nSPS) is 25.9. The van der Waals surface area contributed by atoms with E-state index in [1.54, 1.807) is 0 Å². The first-order valence-electron chi connectivity index (χ1n) is 7.79. The standard InChI is InChI=1S/C14H22N4O3/c19-12(7-6-10-4-1-2-9-20-10)16-14-18-17-13(21-14)11-5-3-8-15-11/h10-11,15H,1-9H2,(H,16,18,19). The third kappa shape index (κ3) is 4.01. The summed E-state index contributed by atoms with van der Waals surface area (Å²) in [7, 11) is 0. The van der Waals surface area contributed by atoms with Crippen LogP contribution in [0.1, 0.15) is 56.9 Å². The molecule has 1 aromatic rings. The van der Waals surface area contributed by atoms with Crippen molar-refractivity contribution in [3.63, 3.8) is 0 Å². The summed E-state index contributed by atoms with van der Waals surface area (Å²) in [6, 6.07) is 0.312. The fraction of sp³-hybridized carbons (Fsp3) is 0.786. The number of carbonyl (C=O) groups is 1. The van der Waals surface area contributed by atoms with Crippen LogP contribution in [0, 0.1) is 0 Å². The Bertz CT molecular complexity index is 465. The summed E-state index contributed by atoms with van der Waals surface area (Å²) in [4.78, 5) is 11.9. The SMILES string of the molecule is O=C(CCC1CCCCO1)Nc1nnc(C2CCCN2)o1. The largest absolute Gasteiger partial charge is 0.406 e. The molecule has 2 N–H and O–H groups in total. The average Bonchev–Trinajstić information content (AvgIpc) is 3.17. The summed E-state index contributed by atoms with van der Waals surface area (Å²) in [5, 5.41) is 13.8. The number of rotatable bonds is 5. The topological polar surface area (TPSA) is 89.3 Å². The number of carbonyl (C=O) groups excluding carboxylic acids is 1. The van der Waals surface area contributed by atoms with Crippen molar-refractivity contribution < 1.29 is 13.9 Å². The lowest BCUT2D eigenvalue weighted by atomic mass is 10.0. The van der Waals surface area contributed by atoms with Gasteiger partial charge in [-0.25, -0.2) is 0 Å². The van der Waals surface area contributed by atoms with E-state index in [1.807, 2.05) is 0 Å². The van der Waals surface area contributed by atoms with E-state index in [2.05, 4.69) is 20.8 Å². The Morgan fingerprint density at radius 3 is 3.00 bits per heavy atom. The maximum absolute atomic E-state index is 11.9. The minimum Gasteiger partial charge on any atom is -0.406 e. The number of nitrogens with zero attached hydrogens (tertiary/aromatic N) is 2. The summed E-state index contributed by atoms with van der Waals surface area (Å²) in [5.41, 5.74) is 0. The van der Waals surface area contributed by atoms with Crippen LogP contribution in [0.3, 0.4) is 0 Å². The molecule has 0 aromatic carbocycles. The third-order valence-corrected chi connectivity index (χ3v) is 4.01. The molecule has 2 atom stereocenters. The van der Waals surface area contributed by atoms with Crippen LogP contribution in [-0.4, -0.2) is 35.4 Å². The minimum atomic E-state index is -0.0984. The van der Waals surface area contributed by atoms with Gasteiger partial charge in [0.05, 0.1) is 12.1 Å². The summed E-state index contributed by atoms with van der Waals surface area (Å²) in [5.74, 6) is 0.456. The van der Waals surface area contributed by atoms with Crippen molar-refractivity contribution in [2.45, 2.75) is 57.1 Å². The van der Waals surface area contributed by atoms with Gasteiger partial charge < -0.3 is 14.5 Å². The highest BCUT2D eigenvalue weighted by Gasteiger charge is 2.22. The first-order valence-corrected chi connectivity index (χ1v) is 7.79. The summed E-state index contributed by atoms with van der Waals surface area (Å²) in [6.45, 7) is 1.78. The van der Waals surface area contributed by atoms with Gasteiger partial charge >= 0.3 is 6.01 Å². The fourth-order valence-corrected chi connectivity index (χ4v) is 2.83. The van der Waals surface area contributed by atoms with Crippen LogP contribution in [0.4, 0.5) is 6.01 Å². The molecule has 2 aliphatic heterocycles. The van der Waals surface area contributed by atoms with E-state index >= 15 is 0 Å². The van der Waals surface area contributed by atoms with E-state index in [0.717, 1.165) is 45.3 Å². The molecule has 0 aliphatic carbocycles. The molecule has 7 heteroatoms. The molecule has 1 aromatic heterocycles. The average molecular weight is 294 g/mol. The Balaban J connectivity index is 1.43. The van der Waals surface area contributed by atoms with E-state index in [-0.39, 0.29) is 24.1 Å². The molecular formula is C14H22N4O3. The summed E-state index contributed by atoms with van der Waals surface area (Å²) >= 11 is 0. The highest BCUT2D eigenvalue weighted by molar-refractivity contribution is 5.88. The second-order valence-electron chi connectivity index (χ2n) is 5.67. The molecule has 2 saturated heterocycles. The van der Waals surface area contributed by atoms with Crippen molar-refractivity contribution in [2.75, 3.05) is 18.5 Å². The quantitative estimate of drug-likeness (QED) is 0.860. The van der Waals surface area contributed by atoms with Crippen molar-refractivity contribution in [3.05, 3.63) is 5.89 Å². The smallest absolute Gasteiger partial charge is 0.322 e. The van der Waals surface area contributed by atoms with Gasteiger partial charge in [-0.15, -0.1) is 5.10 Å². The van der Waals surface area contributed by atoms with E-state index in [4.69, 9.17) is 9.15 Å². The molecule has 2 unspecified atom stereocenters. The Morgan fingerprint density at radius 2 is 2.24 bits per heavy atom. The second kappa shape index (κ2) is 7.00. The monoisotopic (exact) mass is 294 g/mol. The Hall–Kier alpha value is -1.47. The van der Waals surface area contributed by atoms with Crippen molar-refractivity contribution in [1.82, 2.24) is 15.5 Å². The van der Waals surface area contributed by atoms with Gasteiger partial charge in [0.15, 0.2) is 0 Å². The van der Waals surface area contributed by atoms with E-state index in [1.165, 1.54) is 6.42 Å². The lowest BCUT2D eigenvalue weighted by Crippen LogP contribution is -2.21. The zero-order valence-electron chi connectivity index (χ0n) is 12.1. The zero-order valence-corrected chi connectivity index (χ0v) is 12.1. The van der Waals surface area contributed by atoms with Crippen molar-refractivity contribution in [1.29, 1.82) is 0 Å². The lowest BCUT2D eigenvalue weighted by molar-refractivity contribution is -0.117. The summed E-state index contributed by atoms with van der Waals surface area (Å²) < 4.78 is 11.1. The molecule has 3 heterocycles. The van der Waals surface area contributed by atoms with Crippen molar-refractivity contribution in [2.24, 2.45) is 0 Å². The van der Waals surface area contributed by atoms with Gasteiger partial charge in [-0.05, 0) is 45.1 Å². The van der Waals surface area contributed by atoms with E-state index in [0.29, 0.717) is 12.3 Å². The molecule has 7 nitrogen and oxygen atoms in total. The van der Waals surface area contributed by atoms with Crippen LogP contribution in [0.15, 0.2) is 4.42 Å². The molecular weight excluding hydrogens is 272 g/mol. The van der Waals surface area contributed by atoms with Gasteiger partial charge in [-0.2, -0.15) is 0 Å². The number of amides is 1. The zero-order chi connectivity index (χ0) is 14.5. The summed E-state index contributed by atoms with van der Waals surface area (Å²) in [6.07, 6.45) is 6.85. The molecule has 0 bridgehead atoms. The Labute approximate surface area is 123 Å². The molecule has 2 aliphatic rings. The minimum absolute atomic E-state index is 0.0984. The maximum Gasteiger partial charge on any atom is 0.322 e. The number of ether oxygens (including phenoxy) is 1. The number of nitrogens with one attached hydrogen (secondary N) is 2. The van der Waals surface area contributed by atoms with Crippen LogP contribution in [0.2, 0.25) is 0 Å². The highest BCUT2D eigenvalue weighted by atomic mass is 16.5. The van der Waals surface area contributed by atoms with E-state index in [9.17, 15) is 4.79 Å². The van der Waals surface area contributed by atoms with Gasteiger partial charge in [0.2, 0.25) is 11.8 Å². The first-order chi connectivity index (χ1) is 10.3. The molecule has 0 saturated carbocycles. The van der Waals surface area contributed by atoms with Crippen LogP contribution < -0.4 is 10.6 Å². The maximum atomic E-state index is 11.9. The van der Waals surface area contributed by atoms with Gasteiger partial charge in [0, 0.05) is 13.0 Å². The van der Waals surface area contributed by atoms with Crippen LogP contribution in [-0.2, 0) is 9.53 Å². The van der Waals surface area contributed by atoms with Crippen LogP contribution in [0.5, 0.6) is 0 Å². The van der Waals surface area contributed by atoms with Crippen LogP contribution >= 0.6 is 0 Å². The van der Waals surface area contributed by atoms with Gasteiger partial charge in [-0.1, -0.05) is 5.10 Å². The Kier molecular flexibility index (Phi) is 4.82. The Morgan fingerprint density at radius 1 is 1.29 bits per heavy atom. The van der Waals surface area contributed by atoms with Gasteiger partial charge in [0.25, 0.3) is 0 Å². The number of anilines is 1. The van der Waals surface area contributed by atoms with Crippen LogP contribution in [0.25, 0.3) is 0 Å². The second-order valence-corrected chi connectivity index (χ2v) is 5.67. The lowest BCUT2D eigenvalue weighted by Gasteiger charge is -2.21. The first kappa shape index (κ1) is 14.5. The molecule has 3 rings (SSSR count). The molecule has 21 heavy (non-hydrogen) atoms. The van der Waals surface area contributed by atoms with Gasteiger partial charge in [-0.3, -0.25) is 10.1 Å².